The van der Waals surface area contributed by atoms with Gasteiger partial charge in [0.25, 0.3) is 0 Å². The first-order valence-electron chi connectivity index (χ1n) is 7.39. The van der Waals surface area contributed by atoms with Crippen LogP contribution in [0.1, 0.15) is 12.8 Å². The highest BCUT2D eigenvalue weighted by Gasteiger charge is 2.19. The Bertz CT molecular complexity index is 858. The van der Waals surface area contributed by atoms with Crippen LogP contribution in [-0.4, -0.2) is 32.4 Å². The smallest absolute Gasteiger partial charge is 0.211 e. The highest BCUT2D eigenvalue weighted by atomic mass is 35.5. The van der Waals surface area contributed by atoms with Gasteiger partial charge in [0.05, 0.1) is 9.92 Å². The Morgan fingerprint density at radius 1 is 1.09 bits per heavy atom. The normalized spacial score (nSPS) is 14.7. The van der Waals surface area contributed by atoms with Crippen molar-refractivity contribution in [3.63, 3.8) is 0 Å². The van der Waals surface area contributed by atoms with Gasteiger partial charge in [-0.05, 0) is 18.9 Å². The summed E-state index contributed by atoms with van der Waals surface area (Å²) in [5, 5.41) is 0.464. The summed E-state index contributed by atoms with van der Waals surface area (Å²) >= 11 is 7.74. The van der Waals surface area contributed by atoms with Crippen LogP contribution in [0.25, 0.3) is 5.65 Å². The van der Waals surface area contributed by atoms with Crippen molar-refractivity contribution in [2.24, 2.45) is 0 Å². The van der Waals surface area contributed by atoms with Gasteiger partial charge in [-0.1, -0.05) is 23.4 Å². The van der Waals surface area contributed by atoms with Gasteiger partial charge in [0.15, 0.2) is 5.65 Å². The van der Waals surface area contributed by atoms with Crippen LogP contribution < -0.4 is 10.6 Å². The molecule has 3 aromatic heterocycles. The molecule has 0 unspecified atom stereocenters. The van der Waals surface area contributed by atoms with Gasteiger partial charge in [-0.25, -0.2) is 15.0 Å². The molecule has 6 nitrogen and oxygen atoms in total. The predicted octanol–water partition coefficient (Wildman–Crippen LogP) is 3.11. The van der Waals surface area contributed by atoms with E-state index in [1.54, 1.807) is 12.4 Å². The molecule has 0 radical (unpaired) electrons. The Hall–Kier alpha value is -1.99. The molecule has 118 valence electrons. The maximum Gasteiger partial charge on any atom is 0.211 e. The molecule has 1 aliphatic heterocycles. The molecule has 4 heterocycles. The number of nitrogens with zero attached hydrogens (tertiary/aromatic N) is 5. The lowest BCUT2D eigenvalue weighted by Gasteiger charge is -2.18. The molecular weight excluding hydrogens is 332 g/mol. The largest absolute Gasteiger partial charge is 0.382 e. The molecule has 1 saturated heterocycles. The van der Waals surface area contributed by atoms with E-state index >= 15 is 0 Å². The Labute approximate surface area is 142 Å². The van der Waals surface area contributed by atoms with Crippen LogP contribution in [-0.2, 0) is 0 Å². The number of nitrogen functional groups attached to an aromatic ring is 1. The average molecular weight is 347 g/mol. The minimum atomic E-state index is 0.331. The van der Waals surface area contributed by atoms with Crippen molar-refractivity contribution >= 4 is 40.8 Å². The van der Waals surface area contributed by atoms with Crippen molar-refractivity contribution in [2.45, 2.75) is 22.6 Å². The summed E-state index contributed by atoms with van der Waals surface area (Å²) < 4.78 is 2.03. The number of aromatic nitrogens is 4. The van der Waals surface area contributed by atoms with E-state index in [1.807, 2.05) is 22.9 Å². The minimum absolute atomic E-state index is 0.331. The summed E-state index contributed by atoms with van der Waals surface area (Å²) in [5.41, 5.74) is 6.65. The van der Waals surface area contributed by atoms with Gasteiger partial charge < -0.3 is 10.6 Å². The molecule has 2 N–H and O–H groups in total. The standard InChI is InChI=1S/C15H15ClN6S/c16-12-10(3-4-18-13(12)17)23-11-9-20-15(21-6-1-2-7-21)22-8-5-19-14(11)22/h3-5,8-9H,1-2,6-7H2,(H2,17,18). The van der Waals surface area contributed by atoms with Crippen molar-refractivity contribution in [2.75, 3.05) is 23.7 Å². The fourth-order valence-electron chi connectivity index (χ4n) is 2.75. The maximum absolute atomic E-state index is 6.24. The second-order valence-electron chi connectivity index (χ2n) is 5.35. The fraction of sp³-hybridized carbons (Fsp3) is 0.267. The van der Waals surface area contributed by atoms with E-state index in [4.69, 9.17) is 17.3 Å². The number of halogens is 1. The van der Waals surface area contributed by atoms with Crippen molar-refractivity contribution in [3.05, 3.63) is 35.9 Å². The lowest BCUT2D eigenvalue weighted by atomic mass is 10.4. The third-order valence-electron chi connectivity index (χ3n) is 3.86. The molecule has 1 aliphatic rings. The first-order valence-corrected chi connectivity index (χ1v) is 8.58. The van der Waals surface area contributed by atoms with Crippen LogP contribution in [0.2, 0.25) is 5.02 Å². The molecule has 0 spiro atoms. The summed E-state index contributed by atoms with van der Waals surface area (Å²) in [5.74, 6) is 1.28. The van der Waals surface area contributed by atoms with E-state index < -0.39 is 0 Å². The molecule has 0 aromatic carbocycles. The quantitative estimate of drug-likeness (QED) is 0.785. The van der Waals surface area contributed by atoms with Crippen LogP contribution in [0.15, 0.2) is 40.6 Å². The molecule has 0 saturated carbocycles. The zero-order valence-corrected chi connectivity index (χ0v) is 13.9. The summed E-state index contributed by atoms with van der Waals surface area (Å²) in [6, 6.07) is 1.84. The van der Waals surface area contributed by atoms with Crippen molar-refractivity contribution in [3.8, 4) is 0 Å². The van der Waals surface area contributed by atoms with Crippen LogP contribution in [0, 0.1) is 0 Å². The number of nitrogens with two attached hydrogens (primary N) is 1. The van der Waals surface area contributed by atoms with Gasteiger partial charge in [-0.3, -0.25) is 4.40 Å². The second kappa shape index (κ2) is 5.90. The van der Waals surface area contributed by atoms with Crippen LogP contribution in [0.3, 0.4) is 0 Å². The highest BCUT2D eigenvalue weighted by Crippen LogP contribution is 2.37. The van der Waals surface area contributed by atoms with Gasteiger partial charge in [0.1, 0.15) is 5.82 Å². The first kappa shape index (κ1) is 14.6. The zero-order chi connectivity index (χ0) is 15.8. The summed E-state index contributed by atoms with van der Waals surface area (Å²) in [6.07, 6.45) is 9.66. The fourth-order valence-corrected chi connectivity index (χ4v) is 3.88. The Kier molecular flexibility index (Phi) is 3.74. The molecule has 3 aromatic rings. The maximum atomic E-state index is 6.24. The summed E-state index contributed by atoms with van der Waals surface area (Å²) in [7, 11) is 0. The van der Waals surface area contributed by atoms with Crippen LogP contribution in [0.4, 0.5) is 11.8 Å². The summed E-state index contributed by atoms with van der Waals surface area (Å²) in [4.78, 5) is 17.2. The van der Waals surface area contributed by atoms with Crippen molar-refractivity contribution in [1.82, 2.24) is 19.4 Å². The van der Waals surface area contributed by atoms with Gasteiger partial charge in [0.2, 0.25) is 5.95 Å². The second-order valence-corrected chi connectivity index (χ2v) is 6.81. The number of hydrogen-bond donors (Lipinski definition) is 1. The SMILES string of the molecule is Nc1nccc(Sc2cnc(N3CCCC3)n3ccnc23)c1Cl. The third kappa shape index (κ3) is 2.60. The molecule has 0 aliphatic carbocycles. The number of fused-ring (bicyclic) bond motifs is 1. The third-order valence-corrected chi connectivity index (χ3v) is 5.44. The van der Waals surface area contributed by atoms with E-state index in [9.17, 15) is 0 Å². The van der Waals surface area contributed by atoms with Gasteiger partial charge in [-0.2, -0.15) is 0 Å². The molecule has 4 rings (SSSR count). The topological polar surface area (TPSA) is 72.3 Å². The van der Waals surface area contributed by atoms with Crippen LogP contribution >= 0.6 is 23.4 Å². The van der Waals surface area contributed by atoms with E-state index in [0.717, 1.165) is 34.5 Å². The Morgan fingerprint density at radius 3 is 2.74 bits per heavy atom. The Balaban J connectivity index is 1.75. The highest BCUT2D eigenvalue weighted by molar-refractivity contribution is 7.99. The number of pyridine rings is 1. The predicted molar refractivity (Wildman–Crippen MR) is 92.2 cm³/mol. The number of imidazole rings is 1. The molecular formula is C15H15ClN6S. The van der Waals surface area contributed by atoms with Gasteiger partial charge >= 0.3 is 0 Å². The van der Waals surface area contributed by atoms with E-state index in [2.05, 4.69) is 19.9 Å². The molecule has 8 heteroatoms. The van der Waals surface area contributed by atoms with Crippen molar-refractivity contribution < 1.29 is 0 Å². The lowest BCUT2D eigenvalue weighted by molar-refractivity contribution is 0.868. The van der Waals surface area contributed by atoms with Crippen molar-refractivity contribution in [1.29, 1.82) is 0 Å². The zero-order valence-electron chi connectivity index (χ0n) is 12.3. The number of hydrogen-bond acceptors (Lipinski definition) is 6. The van der Waals surface area contributed by atoms with E-state index in [-0.39, 0.29) is 0 Å². The number of rotatable bonds is 3. The van der Waals surface area contributed by atoms with Gasteiger partial charge in [0, 0.05) is 42.8 Å². The molecule has 23 heavy (non-hydrogen) atoms. The Morgan fingerprint density at radius 2 is 1.91 bits per heavy atom. The lowest BCUT2D eigenvalue weighted by Crippen LogP contribution is -2.21. The summed E-state index contributed by atoms with van der Waals surface area (Å²) in [6.45, 7) is 2.08. The molecule has 0 bridgehead atoms. The monoisotopic (exact) mass is 346 g/mol. The average Bonchev–Trinajstić information content (AvgIpc) is 3.23. The number of anilines is 2. The molecule has 0 atom stereocenters. The van der Waals surface area contributed by atoms with E-state index in [1.165, 1.54) is 24.6 Å². The first-order chi connectivity index (χ1) is 11.2. The van der Waals surface area contributed by atoms with E-state index in [0.29, 0.717) is 10.8 Å². The van der Waals surface area contributed by atoms with Gasteiger partial charge in [-0.15, -0.1) is 0 Å². The minimum Gasteiger partial charge on any atom is -0.382 e. The molecule has 0 amide bonds. The molecule has 1 fully saturated rings. The van der Waals surface area contributed by atoms with Crippen LogP contribution in [0.5, 0.6) is 0 Å².